The van der Waals surface area contributed by atoms with Crippen molar-refractivity contribution in [2.24, 2.45) is 5.41 Å². The van der Waals surface area contributed by atoms with E-state index in [4.69, 9.17) is 0 Å². The van der Waals surface area contributed by atoms with Gasteiger partial charge in [-0.3, -0.25) is 14.4 Å². The van der Waals surface area contributed by atoms with Gasteiger partial charge < -0.3 is 20.9 Å². The lowest BCUT2D eigenvalue weighted by molar-refractivity contribution is -0.142. The Hall–Kier alpha value is -4.25. The first-order valence-electron chi connectivity index (χ1n) is 14.1. The molecular formula is C32H34F3N5O3. The first-order chi connectivity index (χ1) is 20.2. The van der Waals surface area contributed by atoms with Crippen molar-refractivity contribution < 1.29 is 27.6 Å². The summed E-state index contributed by atoms with van der Waals surface area (Å²) in [6.07, 6.45) is -1.69. The van der Waals surface area contributed by atoms with Crippen molar-refractivity contribution in [3.05, 3.63) is 88.6 Å². The van der Waals surface area contributed by atoms with E-state index in [2.05, 4.69) is 20.9 Å². The van der Waals surface area contributed by atoms with Gasteiger partial charge in [0.25, 0.3) is 0 Å². The molecule has 0 saturated carbocycles. The molecule has 1 spiro atoms. The number of fused-ring (bicyclic) bond motifs is 3. The fraction of sp³-hybridized carbons (Fsp3) is 0.375. The number of carbonyl (C=O) groups excluding carboxylic acids is 3. The molecule has 5 rings (SSSR count). The third-order valence-electron chi connectivity index (χ3n) is 7.85. The monoisotopic (exact) mass is 593 g/mol. The van der Waals surface area contributed by atoms with Crippen LogP contribution in [-0.2, 0) is 45.7 Å². The molecule has 1 aliphatic carbocycles. The minimum atomic E-state index is -4.34. The van der Waals surface area contributed by atoms with E-state index in [1.807, 2.05) is 24.3 Å². The van der Waals surface area contributed by atoms with E-state index in [0.29, 0.717) is 35.5 Å². The molecule has 2 aliphatic rings. The SMILES string of the molecule is CC(C)(C)C(=O)N(CC(=O)Nc1ccc2c(c1)CC1(C2)C(=O)Nc2ncccc21)Cc1ccccc1CNCC(F)(F)F. The topological polar surface area (TPSA) is 103 Å². The van der Waals surface area contributed by atoms with Crippen molar-refractivity contribution in [2.75, 3.05) is 23.7 Å². The van der Waals surface area contributed by atoms with Gasteiger partial charge in [0.2, 0.25) is 17.7 Å². The summed E-state index contributed by atoms with van der Waals surface area (Å²) in [6.45, 7) is 3.89. The number of aromatic nitrogens is 1. The number of carbonyl (C=O) groups is 3. The number of benzene rings is 2. The zero-order valence-electron chi connectivity index (χ0n) is 24.3. The second kappa shape index (κ2) is 11.4. The Kier molecular flexibility index (Phi) is 8.04. The highest BCUT2D eigenvalue weighted by molar-refractivity contribution is 6.06. The predicted molar refractivity (Wildman–Crippen MR) is 156 cm³/mol. The lowest BCUT2D eigenvalue weighted by Crippen LogP contribution is -2.43. The van der Waals surface area contributed by atoms with E-state index in [1.165, 1.54) is 4.90 Å². The minimum absolute atomic E-state index is 0.0331. The lowest BCUT2D eigenvalue weighted by atomic mass is 9.79. The lowest BCUT2D eigenvalue weighted by Gasteiger charge is -2.30. The Bertz CT molecular complexity index is 1570. The van der Waals surface area contributed by atoms with Gasteiger partial charge in [-0.2, -0.15) is 13.2 Å². The number of hydrogen-bond acceptors (Lipinski definition) is 5. The molecule has 0 radical (unpaired) electrons. The van der Waals surface area contributed by atoms with Crippen molar-refractivity contribution >= 4 is 29.2 Å². The Balaban J connectivity index is 1.30. The zero-order chi connectivity index (χ0) is 31.0. The van der Waals surface area contributed by atoms with E-state index in [1.54, 1.807) is 57.3 Å². The van der Waals surface area contributed by atoms with Crippen LogP contribution in [0.1, 0.15) is 48.6 Å². The Morgan fingerprint density at radius 2 is 1.72 bits per heavy atom. The van der Waals surface area contributed by atoms with Gasteiger partial charge in [-0.15, -0.1) is 0 Å². The van der Waals surface area contributed by atoms with E-state index in [9.17, 15) is 27.6 Å². The number of alkyl halides is 3. The zero-order valence-corrected chi connectivity index (χ0v) is 24.3. The Morgan fingerprint density at radius 3 is 2.44 bits per heavy atom. The third kappa shape index (κ3) is 6.56. The van der Waals surface area contributed by atoms with E-state index in [-0.39, 0.29) is 31.4 Å². The van der Waals surface area contributed by atoms with Crippen molar-refractivity contribution in [3.63, 3.8) is 0 Å². The summed E-state index contributed by atoms with van der Waals surface area (Å²) in [7, 11) is 0. The molecule has 43 heavy (non-hydrogen) atoms. The average molecular weight is 594 g/mol. The number of halogens is 3. The average Bonchev–Trinajstić information content (AvgIpc) is 3.44. The predicted octanol–water partition coefficient (Wildman–Crippen LogP) is 4.74. The molecule has 3 aromatic rings. The second-order valence-corrected chi connectivity index (χ2v) is 12.2. The molecule has 2 aromatic carbocycles. The Morgan fingerprint density at radius 1 is 1.00 bits per heavy atom. The normalized spacial score (nSPS) is 17.4. The number of amides is 3. The van der Waals surface area contributed by atoms with Crippen LogP contribution in [0.25, 0.3) is 0 Å². The highest BCUT2D eigenvalue weighted by atomic mass is 19.4. The summed E-state index contributed by atoms with van der Waals surface area (Å²) in [4.78, 5) is 45.4. The van der Waals surface area contributed by atoms with Crippen LogP contribution in [0, 0.1) is 5.41 Å². The first kappa shape index (κ1) is 30.2. The molecule has 2 heterocycles. The number of nitrogens with one attached hydrogen (secondary N) is 3. The van der Waals surface area contributed by atoms with Crippen molar-refractivity contribution in [1.82, 2.24) is 15.2 Å². The van der Waals surface area contributed by atoms with Gasteiger partial charge in [0, 0.05) is 36.0 Å². The van der Waals surface area contributed by atoms with Crippen LogP contribution in [0.15, 0.2) is 60.8 Å². The number of nitrogens with zero attached hydrogens (tertiary/aromatic N) is 2. The molecule has 3 amide bonds. The van der Waals surface area contributed by atoms with Crippen LogP contribution in [0.3, 0.4) is 0 Å². The molecule has 3 N–H and O–H groups in total. The summed E-state index contributed by atoms with van der Waals surface area (Å²) in [5.74, 6) is -0.189. The molecule has 226 valence electrons. The maximum absolute atomic E-state index is 13.4. The minimum Gasteiger partial charge on any atom is -0.329 e. The van der Waals surface area contributed by atoms with E-state index >= 15 is 0 Å². The molecule has 8 nitrogen and oxygen atoms in total. The summed E-state index contributed by atoms with van der Waals surface area (Å²) < 4.78 is 38.0. The molecule has 0 fully saturated rings. The third-order valence-corrected chi connectivity index (χ3v) is 7.85. The molecule has 0 bridgehead atoms. The maximum atomic E-state index is 13.4. The van der Waals surface area contributed by atoms with Crippen LogP contribution in [-0.4, -0.2) is 46.9 Å². The van der Waals surface area contributed by atoms with Gasteiger partial charge >= 0.3 is 6.18 Å². The molecular weight excluding hydrogens is 559 g/mol. The van der Waals surface area contributed by atoms with Crippen LogP contribution in [0.5, 0.6) is 0 Å². The van der Waals surface area contributed by atoms with Gasteiger partial charge in [0.15, 0.2) is 0 Å². The van der Waals surface area contributed by atoms with Crippen molar-refractivity contribution in [2.45, 2.75) is 58.3 Å². The van der Waals surface area contributed by atoms with Gasteiger partial charge in [0.1, 0.15) is 12.4 Å². The number of hydrogen-bond donors (Lipinski definition) is 3. The highest BCUT2D eigenvalue weighted by Gasteiger charge is 2.51. The Labute approximate surface area is 248 Å². The van der Waals surface area contributed by atoms with Crippen LogP contribution >= 0.6 is 0 Å². The van der Waals surface area contributed by atoms with Crippen LogP contribution in [0.2, 0.25) is 0 Å². The van der Waals surface area contributed by atoms with Gasteiger partial charge in [-0.25, -0.2) is 4.98 Å². The smallest absolute Gasteiger partial charge is 0.329 e. The standard InChI is InChI=1S/C32H34F3N5O3/c1-30(2,3)29(43)40(17-22-8-5-4-7-21(22)16-36-19-32(33,34)35)18-26(41)38-24-11-10-20-14-31(15-23(20)13-24)25-9-6-12-37-27(25)39-28(31)42/h4-13,36H,14-19H2,1-3H3,(H,38,41)(H,37,39,42). The van der Waals surface area contributed by atoms with Crippen LogP contribution < -0.4 is 16.0 Å². The molecule has 1 aromatic heterocycles. The largest absolute Gasteiger partial charge is 0.401 e. The molecule has 1 atom stereocenters. The fourth-order valence-electron chi connectivity index (χ4n) is 5.82. The maximum Gasteiger partial charge on any atom is 0.401 e. The molecule has 1 unspecified atom stereocenters. The summed E-state index contributed by atoms with van der Waals surface area (Å²) in [5.41, 5.74) is 3.12. The first-order valence-corrected chi connectivity index (χ1v) is 14.1. The van der Waals surface area contributed by atoms with Crippen LogP contribution in [0.4, 0.5) is 24.7 Å². The summed E-state index contributed by atoms with van der Waals surface area (Å²) in [6, 6.07) is 16.2. The van der Waals surface area contributed by atoms with Crippen molar-refractivity contribution in [3.8, 4) is 0 Å². The van der Waals surface area contributed by atoms with Crippen molar-refractivity contribution in [1.29, 1.82) is 0 Å². The highest BCUT2D eigenvalue weighted by Crippen LogP contribution is 2.46. The van der Waals surface area contributed by atoms with E-state index in [0.717, 1.165) is 16.7 Å². The molecule has 11 heteroatoms. The number of anilines is 2. The fourth-order valence-corrected chi connectivity index (χ4v) is 5.82. The quantitative estimate of drug-likeness (QED) is 0.350. The molecule has 0 saturated heterocycles. The van der Waals surface area contributed by atoms with Gasteiger partial charge in [-0.1, -0.05) is 57.2 Å². The van der Waals surface area contributed by atoms with Gasteiger partial charge in [-0.05, 0) is 53.3 Å². The number of rotatable bonds is 8. The summed E-state index contributed by atoms with van der Waals surface area (Å²) >= 11 is 0. The van der Waals surface area contributed by atoms with E-state index < -0.39 is 29.5 Å². The second-order valence-electron chi connectivity index (χ2n) is 12.2. The van der Waals surface area contributed by atoms with Gasteiger partial charge in [0.05, 0.1) is 12.0 Å². The summed E-state index contributed by atoms with van der Waals surface area (Å²) in [5, 5.41) is 8.17. The molecule has 1 aliphatic heterocycles. The number of pyridine rings is 1.